The topological polar surface area (TPSA) is 0 Å². The van der Waals surface area contributed by atoms with E-state index in [1.807, 2.05) is 0 Å². The zero-order valence-corrected chi connectivity index (χ0v) is 8.38. The number of benzene rings is 1. The SMILES string of the molecule is C/C=C\c1ccccc1C1(C)CC1. The van der Waals surface area contributed by atoms with E-state index >= 15 is 0 Å². The molecule has 0 radical (unpaired) electrons. The molecule has 1 aromatic rings. The smallest absolute Gasteiger partial charge is 0.00687 e. The molecule has 0 nitrogen and oxygen atoms in total. The Morgan fingerprint density at radius 2 is 1.92 bits per heavy atom. The minimum absolute atomic E-state index is 0.482. The summed E-state index contributed by atoms with van der Waals surface area (Å²) in [6.07, 6.45) is 7.02. The second-order valence-corrected chi connectivity index (χ2v) is 4.15. The highest BCUT2D eigenvalue weighted by Crippen LogP contribution is 2.48. The molecule has 0 saturated heterocycles. The molecule has 1 aliphatic rings. The van der Waals surface area contributed by atoms with Gasteiger partial charge in [0.25, 0.3) is 0 Å². The molecule has 1 aromatic carbocycles. The zero-order chi connectivity index (χ0) is 9.31. The molecular formula is C13H16. The lowest BCUT2D eigenvalue weighted by molar-refractivity contribution is 0.785. The lowest BCUT2D eigenvalue weighted by Crippen LogP contribution is -2.01. The fraction of sp³-hybridized carbons (Fsp3) is 0.385. The van der Waals surface area contributed by atoms with Crippen LogP contribution in [-0.2, 0) is 5.41 Å². The summed E-state index contributed by atoms with van der Waals surface area (Å²) in [6.45, 7) is 4.43. The fourth-order valence-corrected chi connectivity index (χ4v) is 1.83. The third-order valence-electron chi connectivity index (χ3n) is 2.96. The van der Waals surface area contributed by atoms with E-state index in [1.165, 1.54) is 24.0 Å². The van der Waals surface area contributed by atoms with Crippen molar-refractivity contribution in [3.63, 3.8) is 0 Å². The first-order chi connectivity index (χ1) is 6.26. The van der Waals surface area contributed by atoms with Crippen LogP contribution in [0.1, 0.15) is 37.8 Å². The average molecular weight is 172 g/mol. The predicted molar refractivity (Wildman–Crippen MR) is 57.7 cm³/mol. The summed E-state index contributed by atoms with van der Waals surface area (Å²) in [5.41, 5.74) is 3.40. The molecular weight excluding hydrogens is 156 g/mol. The van der Waals surface area contributed by atoms with Crippen molar-refractivity contribution in [3.8, 4) is 0 Å². The van der Waals surface area contributed by atoms with E-state index in [-0.39, 0.29) is 0 Å². The van der Waals surface area contributed by atoms with Gasteiger partial charge in [-0.05, 0) is 36.3 Å². The summed E-state index contributed by atoms with van der Waals surface area (Å²) >= 11 is 0. The Bertz CT molecular complexity index is 330. The van der Waals surface area contributed by atoms with Gasteiger partial charge in [-0.2, -0.15) is 0 Å². The Hall–Kier alpha value is -1.04. The Labute approximate surface area is 80.3 Å². The molecule has 13 heavy (non-hydrogen) atoms. The summed E-state index contributed by atoms with van der Waals surface area (Å²) in [5, 5.41) is 0. The van der Waals surface area contributed by atoms with Gasteiger partial charge >= 0.3 is 0 Å². The van der Waals surface area contributed by atoms with E-state index in [0.717, 1.165) is 0 Å². The summed E-state index contributed by atoms with van der Waals surface area (Å²) in [6, 6.07) is 8.73. The normalized spacial score (nSPS) is 19.2. The van der Waals surface area contributed by atoms with Crippen LogP contribution in [0.2, 0.25) is 0 Å². The molecule has 0 heteroatoms. The Morgan fingerprint density at radius 1 is 1.23 bits per heavy atom. The van der Waals surface area contributed by atoms with Gasteiger partial charge in [0, 0.05) is 0 Å². The van der Waals surface area contributed by atoms with E-state index in [9.17, 15) is 0 Å². The van der Waals surface area contributed by atoms with Crippen molar-refractivity contribution in [2.24, 2.45) is 0 Å². The summed E-state index contributed by atoms with van der Waals surface area (Å²) in [5.74, 6) is 0. The summed E-state index contributed by atoms with van der Waals surface area (Å²) < 4.78 is 0. The molecule has 1 fully saturated rings. The molecule has 0 aromatic heterocycles. The Morgan fingerprint density at radius 3 is 2.54 bits per heavy atom. The van der Waals surface area contributed by atoms with Gasteiger partial charge in [-0.25, -0.2) is 0 Å². The fourth-order valence-electron chi connectivity index (χ4n) is 1.83. The number of allylic oxidation sites excluding steroid dienone is 1. The van der Waals surface area contributed by atoms with Crippen LogP contribution < -0.4 is 0 Å². The third kappa shape index (κ3) is 1.53. The lowest BCUT2D eigenvalue weighted by Gasteiger charge is -2.11. The molecule has 0 aliphatic heterocycles. The highest BCUT2D eigenvalue weighted by molar-refractivity contribution is 5.56. The predicted octanol–water partition coefficient (Wildman–Crippen LogP) is 3.77. The lowest BCUT2D eigenvalue weighted by atomic mass is 9.93. The molecule has 1 saturated carbocycles. The molecule has 2 rings (SSSR count). The van der Waals surface area contributed by atoms with Crippen molar-refractivity contribution in [2.45, 2.75) is 32.1 Å². The highest BCUT2D eigenvalue weighted by atomic mass is 14.4. The molecule has 68 valence electrons. The maximum Gasteiger partial charge on any atom is -0.00687 e. The van der Waals surface area contributed by atoms with Gasteiger partial charge in [0.1, 0.15) is 0 Å². The molecule has 0 N–H and O–H groups in total. The quantitative estimate of drug-likeness (QED) is 0.637. The van der Waals surface area contributed by atoms with E-state index in [4.69, 9.17) is 0 Å². The first-order valence-corrected chi connectivity index (χ1v) is 4.98. The van der Waals surface area contributed by atoms with Crippen LogP contribution >= 0.6 is 0 Å². The molecule has 1 aliphatic carbocycles. The van der Waals surface area contributed by atoms with Gasteiger partial charge in [-0.3, -0.25) is 0 Å². The number of hydrogen-bond donors (Lipinski definition) is 0. The minimum atomic E-state index is 0.482. The molecule has 0 spiro atoms. The zero-order valence-electron chi connectivity index (χ0n) is 8.38. The van der Waals surface area contributed by atoms with Crippen LogP contribution in [0, 0.1) is 0 Å². The van der Waals surface area contributed by atoms with Crippen LogP contribution in [-0.4, -0.2) is 0 Å². The van der Waals surface area contributed by atoms with Gasteiger partial charge in [-0.15, -0.1) is 0 Å². The van der Waals surface area contributed by atoms with Crippen molar-refractivity contribution in [2.75, 3.05) is 0 Å². The summed E-state index contributed by atoms with van der Waals surface area (Å²) in [7, 11) is 0. The molecule has 0 amide bonds. The van der Waals surface area contributed by atoms with E-state index in [2.05, 4.69) is 50.3 Å². The van der Waals surface area contributed by atoms with Gasteiger partial charge in [-0.1, -0.05) is 43.3 Å². The number of rotatable bonds is 2. The third-order valence-corrected chi connectivity index (χ3v) is 2.96. The first-order valence-electron chi connectivity index (χ1n) is 4.98. The van der Waals surface area contributed by atoms with Crippen molar-refractivity contribution < 1.29 is 0 Å². The van der Waals surface area contributed by atoms with Crippen molar-refractivity contribution in [1.82, 2.24) is 0 Å². The van der Waals surface area contributed by atoms with Gasteiger partial charge in [0.15, 0.2) is 0 Å². The molecule has 0 bridgehead atoms. The minimum Gasteiger partial charge on any atom is -0.0871 e. The van der Waals surface area contributed by atoms with Crippen molar-refractivity contribution in [1.29, 1.82) is 0 Å². The second-order valence-electron chi connectivity index (χ2n) is 4.15. The number of hydrogen-bond acceptors (Lipinski definition) is 0. The summed E-state index contributed by atoms with van der Waals surface area (Å²) in [4.78, 5) is 0. The maximum atomic E-state index is 2.36. The van der Waals surface area contributed by atoms with Crippen LogP contribution in [0.15, 0.2) is 30.3 Å². The second kappa shape index (κ2) is 3.02. The van der Waals surface area contributed by atoms with E-state index in [0.29, 0.717) is 5.41 Å². The average Bonchev–Trinajstić information content (AvgIpc) is 2.86. The van der Waals surface area contributed by atoms with Crippen molar-refractivity contribution >= 4 is 6.08 Å². The monoisotopic (exact) mass is 172 g/mol. The molecule has 0 heterocycles. The highest BCUT2D eigenvalue weighted by Gasteiger charge is 2.39. The first kappa shape index (κ1) is 8.55. The van der Waals surface area contributed by atoms with Gasteiger partial charge < -0.3 is 0 Å². The van der Waals surface area contributed by atoms with Crippen molar-refractivity contribution in [3.05, 3.63) is 41.5 Å². The van der Waals surface area contributed by atoms with Gasteiger partial charge in [0.05, 0.1) is 0 Å². The van der Waals surface area contributed by atoms with Crippen LogP contribution in [0.4, 0.5) is 0 Å². The van der Waals surface area contributed by atoms with Gasteiger partial charge in [0.2, 0.25) is 0 Å². The Kier molecular flexibility index (Phi) is 1.99. The molecule has 0 unspecified atom stereocenters. The van der Waals surface area contributed by atoms with Crippen LogP contribution in [0.25, 0.3) is 6.08 Å². The standard InChI is InChI=1S/C13H16/c1-3-6-11-7-4-5-8-12(11)13(2)9-10-13/h3-8H,9-10H2,1-2H3/b6-3-. The van der Waals surface area contributed by atoms with E-state index in [1.54, 1.807) is 0 Å². The van der Waals surface area contributed by atoms with Crippen LogP contribution in [0.3, 0.4) is 0 Å². The largest absolute Gasteiger partial charge is 0.0871 e. The maximum absolute atomic E-state index is 2.36. The molecule has 0 atom stereocenters. The Balaban J connectivity index is 2.43. The van der Waals surface area contributed by atoms with E-state index < -0.39 is 0 Å². The van der Waals surface area contributed by atoms with Crippen LogP contribution in [0.5, 0.6) is 0 Å².